The summed E-state index contributed by atoms with van der Waals surface area (Å²) in [5, 5.41) is 51.6. The van der Waals surface area contributed by atoms with Gasteiger partial charge in [-0.25, -0.2) is 9.11 Å². The SMILES string of the molecule is COCCOCCSCC1O[C@H](OP(C)(=O)OP(C)(=O)OCC2OC(n3ccc(=O)[nH]c3=O)[C@H](O)[C@@H]2O)C(O)[C@@H](O)[C@H]1O. The van der Waals surface area contributed by atoms with Crippen LogP contribution in [0.2, 0.25) is 0 Å². The van der Waals surface area contributed by atoms with E-state index in [-0.39, 0.29) is 5.75 Å². The van der Waals surface area contributed by atoms with E-state index in [1.165, 1.54) is 11.8 Å². The summed E-state index contributed by atoms with van der Waals surface area (Å²) in [4.78, 5) is 25.3. The fourth-order valence-corrected chi connectivity index (χ4v) is 8.51. The van der Waals surface area contributed by atoms with Crippen molar-refractivity contribution in [3.05, 3.63) is 33.1 Å². The van der Waals surface area contributed by atoms with Gasteiger partial charge in [-0.3, -0.25) is 28.0 Å². The highest BCUT2D eigenvalue weighted by molar-refractivity contribution is 7.99. The second-order valence-corrected chi connectivity index (χ2v) is 15.1. The van der Waals surface area contributed by atoms with E-state index in [1.807, 2.05) is 4.98 Å². The van der Waals surface area contributed by atoms with Crippen molar-refractivity contribution in [3.8, 4) is 0 Å². The van der Waals surface area contributed by atoms with Crippen molar-refractivity contribution in [3.63, 3.8) is 0 Å². The lowest BCUT2D eigenvalue weighted by Gasteiger charge is -2.40. The predicted molar refractivity (Wildman–Crippen MR) is 149 cm³/mol. The zero-order valence-electron chi connectivity index (χ0n) is 23.6. The quantitative estimate of drug-likeness (QED) is 0.0820. The normalized spacial score (nSPS) is 34.1. The lowest BCUT2D eigenvalue weighted by atomic mass is 10.0. The zero-order valence-corrected chi connectivity index (χ0v) is 26.2. The number of aliphatic hydroxyl groups excluding tert-OH is 5. The zero-order chi connectivity index (χ0) is 31.9. The van der Waals surface area contributed by atoms with E-state index in [2.05, 4.69) is 0 Å². The van der Waals surface area contributed by atoms with Crippen LogP contribution in [0.15, 0.2) is 21.9 Å². The molecule has 0 radical (unpaired) electrons. The van der Waals surface area contributed by atoms with Gasteiger partial charge >= 0.3 is 20.9 Å². The highest BCUT2D eigenvalue weighted by Gasteiger charge is 2.48. The van der Waals surface area contributed by atoms with Gasteiger partial charge in [-0.1, -0.05) is 0 Å². The van der Waals surface area contributed by atoms with Crippen molar-refractivity contribution >= 4 is 27.0 Å². The lowest BCUT2D eigenvalue weighted by Crippen LogP contribution is -2.58. The molecule has 6 unspecified atom stereocenters. The summed E-state index contributed by atoms with van der Waals surface area (Å²) < 4.78 is 63.7. The molecule has 2 aliphatic heterocycles. The number of H-pyrrole nitrogens is 1. The first-order chi connectivity index (χ1) is 20.2. The molecule has 2 saturated heterocycles. The van der Waals surface area contributed by atoms with Gasteiger partial charge in [0, 0.05) is 44.2 Å². The van der Waals surface area contributed by atoms with Gasteiger partial charge in [0.2, 0.25) is 0 Å². The Kier molecular flexibility index (Phi) is 13.6. The predicted octanol–water partition coefficient (Wildman–Crippen LogP) is -1.94. The van der Waals surface area contributed by atoms with Gasteiger partial charge in [-0.05, 0) is 0 Å². The minimum Gasteiger partial charge on any atom is -0.388 e. The van der Waals surface area contributed by atoms with Gasteiger partial charge in [0.15, 0.2) is 12.5 Å². The Bertz CT molecular complexity index is 1250. The third-order valence-electron chi connectivity index (χ3n) is 6.28. The van der Waals surface area contributed by atoms with Crippen molar-refractivity contribution in [1.29, 1.82) is 0 Å². The molecule has 1 aromatic heterocycles. The van der Waals surface area contributed by atoms with Crippen molar-refractivity contribution in [1.82, 2.24) is 9.55 Å². The number of aromatic nitrogens is 2. The molecule has 0 aliphatic carbocycles. The number of hydrogen-bond donors (Lipinski definition) is 6. The maximum atomic E-state index is 13.1. The van der Waals surface area contributed by atoms with E-state index in [0.29, 0.717) is 25.6 Å². The molecule has 0 saturated carbocycles. The maximum absolute atomic E-state index is 13.1. The van der Waals surface area contributed by atoms with Gasteiger partial charge in [0.05, 0.1) is 32.5 Å². The van der Waals surface area contributed by atoms with Crippen LogP contribution < -0.4 is 11.2 Å². The lowest BCUT2D eigenvalue weighted by molar-refractivity contribution is -0.268. The van der Waals surface area contributed by atoms with Gasteiger partial charge in [-0.2, -0.15) is 11.8 Å². The molecule has 11 atom stereocenters. The molecule has 0 bridgehead atoms. The van der Waals surface area contributed by atoms with Crippen molar-refractivity contribution in [2.24, 2.45) is 0 Å². The number of nitrogens with one attached hydrogen (secondary N) is 1. The average Bonchev–Trinajstić information content (AvgIpc) is 3.20. The van der Waals surface area contributed by atoms with E-state index in [1.54, 1.807) is 7.11 Å². The van der Waals surface area contributed by atoms with Crippen LogP contribution in [0.4, 0.5) is 0 Å². The smallest absolute Gasteiger partial charge is 0.337 e. The van der Waals surface area contributed by atoms with Crippen LogP contribution >= 0.6 is 27.0 Å². The number of thioether (sulfide) groups is 1. The standard InChI is InChI=1S/C22H38N2O16P2S/c1-34-6-7-35-8-9-43-11-13-16(27)17(28)19(30)21(38-13)39-42(3,33)40-41(2,32)36-10-12-15(26)18(29)20(37-12)24-5-4-14(25)23-22(24)31/h4-5,12-13,15-21,26-30H,6-11H2,1-3H3,(H,23,25,31)/t12?,13?,15-,16+,17+,18-,19?,20?,21-,41?,42?/m1/s1. The number of ether oxygens (including phenoxy) is 4. The summed E-state index contributed by atoms with van der Waals surface area (Å²) in [6.07, 6.45) is -12.7. The maximum Gasteiger partial charge on any atom is 0.337 e. The Balaban J connectivity index is 1.54. The van der Waals surface area contributed by atoms with Crippen molar-refractivity contribution in [2.75, 3.05) is 58.4 Å². The number of aromatic amines is 1. The minimum absolute atomic E-state index is 0.157. The first-order valence-corrected chi connectivity index (χ1v) is 18.2. The first kappa shape index (κ1) is 36.5. The number of methoxy groups -OCH3 is 1. The van der Waals surface area contributed by atoms with Crippen LogP contribution in [0.5, 0.6) is 0 Å². The molecule has 2 fully saturated rings. The monoisotopic (exact) mass is 680 g/mol. The number of aliphatic hydroxyl groups is 5. The molecule has 43 heavy (non-hydrogen) atoms. The number of rotatable bonds is 16. The third kappa shape index (κ3) is 10.3. The fraction of sp³-hybridized carbons (Fsp3) is 0.818. The average molecular weight is 681 g/mol. The molecule has 2 aliphatic rings. The van der Waals surface area contributed by atoms with Crippen LogP contribution in [0.3, 0.4) is 0 Å². The van der Waals surface area contributed by atoms with E-state index < -0.39 is 88.3 Å². The Morgan fingerprint density at radius 3 is 2.30 bits per heavy atom. The van der Waals surface area contributed by atoms with Crippen LogP contribution in [-0.4, -0.2) is 142 Å². The van der Waals surface area contributed by atoms with E-state index >= 15 is 0 Å². The first-order valence-electron chi connectivity index (χ1n) is 13.0. The number of nitrogens with zero attached hydrogens (tertiary/aromatic N) is 1. The van der Waals surface area contributed by atoms with Crippen LogP contribution in [0, 0.1) is 0 Å². The van der Waals surface area contributed by atoms with Crippen LogP contribution in [0.1, 0.15) is 6.23 Å². The number of hydrogen-bond acceptors (Lipinski definition) is 17. The molecule has 3 heterocycles. The molecular weight excluding hydrogens is 642 g/mol. The highest BCUT2D eigenvalue weighted by atomic mass is 32.2. The van der Waals surface area contributed by atoms with Crippen LogP contribution in [0.25, 0.3) is 0 Å². The molecule has 6 N–H and O–H groups in total. The second-order valence-electron chi connectivity index (χ2n) is 9.78. The molecule has 0 aromatic carbocycles. The molecule has 0 amide bonds. The Hall–Kier alpha value is -0.990. The molecule has 21 heteroatoms. The molecule has 18 nitrogen and oxygen atoms in total. The largest absolute Gasteiger partial charge is 0.388 e. The summed E-state index contributed by atoms with van der Waals surface area (Å²) in [5.74, 6) is 0.676. The van der Waals surface area contributed by atoms with E-state index in [0.717, 1.165) is 30.2 Å². The van der Waals surface area contributed by atoms with Gasteiger partial charge in [-0.15, -0.1) is 0 Å². The van der Waals surface area contributed by atoms with Gasteiger partial charge in [0.25, 0.3) is 5.56 Å². The van der Waals surface area contributed by atoms with Gasteiger partial charge < -0.3 is 49.0 Å². The van der Waals surface area contributed by atoms with E-state index in [9.17, 15) is 44.3 Å². The summed E-state index contributed by atoms with van der Waals surface area (Å²) in [6.45, 7) is 2.45. The topological polar surface area (TPSA) is 255 Å². The summed E-state index contributed by atoms with van der Waals surface area (Å²) in [7, 11) is -7.03. The molecule has 248 valence electrons. The van der Waals surface area contributed by atoms with Crippen molar-refractivity contribution in [2.45, 2.75) is 55.2 Å². The minimum atomic E-state index is -4.34. The van der Waals surface area contributed by atoms with Crippen LogP contribution in [-0.2, 0) is 41.4 Å². The third-order valence-corrected chi connectivity index (χ3v) is 10.9. The molecule has 0 spiro atoms. The summed E-state index contributed by atoms with van der Waals surface area (Å²) in [5.41, 5.74) is -1.59. The molecular formula is C22H38N2O16P2S. The molecule has 1 aromatic rings. The highest BCUT2D eigenvalue weighted by Crippen LogP contribution is 2.62. The van der Waals surface area contributed by atoms with Gasteiger partial charge in [0.1, 0.15) is 36.6 Å². The molecule has 3 rings (SSSR count). The Labute approximate surface area is 250 Å². The van der Waals surface area contributed by atoms with Crippen molar-refractivity contribution < 1.29 is 67.0 Å². The summed E-state index contributed by atoms with van der Waals surface area (Å²) >= 11 is 1.33. The second kappa shape index (κ2) is 16.0. The fourth-order valence-electron chi connectivity index (χ4n) is 4.14. The Morgan fingerprint density at radius 1 is 0.930 bits per heavy atom. The Morgan fingerprint density at radius 2 is 1.63 bits per heavy atom. The summed E-state index contributed by atoms with van der Waals surface area (Å²) in [6, 6.07) is 1.01. The van der Waals surface area contributed by atoms with E-state index in [4.69, 9.17) is 32.3 Å².